The van der Waals surface area contributed by atoms with Gasteiger partial charge in [0.05, 0.1) is 25.4 Å². The SMILES string of the molecule is CC[C@@H](CC(=O)OC(C)(C)C)C(=O)Nc1ccc(Oc2ccc(C)c(OC)c2)nc1. The van der Waals surface area contributed by atoms with Gasteiger partial charge in [-0.25, -0.2) is 4.98 Å². The van der Waals surface area contributed by atoms with Crippen molar-refractivity contribution < 1.29 is 23.8 Å². The molecule has 0 saturated carbocycles. The Morgan fingerprint density at radius 1 is 1.17 bits per heavy atom. The first kappa shape index (κ1) is 23.2. The fourth-order valence-corrected chi connectivity index (χ4v) is 2.75. The van der Waals surface area contributed by atoms with Crippen molar-refractivity contribution in [3.8, 4) is 17.4 Å². The highest BCUT2D eigenvalue weighted by Gasteiger charge is 2.24. The van der Waals surface area contributed by atoms with E-state index in [1.807, 2.05) is 26.0 Å². The van der Waals surface area contributed by atoms with Crippen molar-refractivity contribution >= 4 is 17.6 Å². The van der Waals surface area contributed by atoms with Gasteiger partial charge in [-0.3, -0.25) is 9.59 Å². The summed E-state index contributed by atoms with van der Waals surface area (Å²) in [6, 6.07) is 8.88. The molecule has 1 N–H and O–H groups in total. The second-order valence-corrected chi connectivity index (χ2v) is 8.00. The maximum absolute atomic E-state index is 12.5. The van der Waals surface area contributed by atoms with Crippen LogP contribution in [0, 0.1) is 12.8 Å². The lowest BCUT2D eigenvalue weighted by molar-refractivity contribution is -0.157. The van der Waals surface area contributed by atoms with E-state index in [9.17, 15) is 9.59 Å². The number of benzene rings is 1. The van der Waals surface area contributed by atoms with E-state index in [2.05, 4.69) is 10.3 Å². The van der Waals surface area contributed by atoms with Crippen molar-refractivity contribution in [2.45, 2.75) is 53.1 Å². The van der Waals surface area contributed by atoms with Crippen LogP contribution in [0.2, 0.25) is 0 Å². The topological polar surface area (TPSA) is 86.8 Å². The van der Waals surface area contributed by atoms with E-state index in [0.29, 0.717) is 23.7 Å². The third kappa shape index (κ3) is 7.06. The Morgan fingerprint density at radius 3 is 2.47 bits per heavy atom. The molecule has 1 heterocycles. The van der Waals surface area contributed by atoms with E-state index in [0.717, 1.165) is 11.3 Å². The molecule has 0 saturated heterocycles. The van der Waals surface area contributed by atoms with Crippen molar-refractivity contribution in [1.82, 2.24) is 4.98 Å². The van der Waals surface area contributed by atoms with Crippen LogP contribution in [0.5, 0.6) is 17.4 Å². The number of methoxy groups -OCH3 is 1. The van der Waals surface area contributed by atoms with E-state index in [1.165, 1.54) is 6.20 Å². The highest BCUT2D eigenvalue weighted by molar-refractivity contribution is 5.94. The van der Waals surface area contributed by atoms with E-state index >= 15 is 0 Å². The summed E-state index contributed by atoms with van der Waals surface area (Å²) >= 11 is 0. The van der Waals surface area contributed by atoms with Gasteiger partial charge in [0, 0.05) is 18.1 Å². The van der Waals surface area contributed by atoms with Crippen LogP contribution < -0.4 is 14.8 Å². The number of carbonyl (C=O) groups is 2. The number of amides is 1. The molecule has 7 nitrogen and oxygen atoms in total. The molecular formula is C23H30N2O5. The summed E-state index contributed by atoms with van der Waals surface area (Å²) in [7, 11) is 1.61. The van der Waals surface area contributed by atoms with E-state index < -0.39 is 11.5 Å². The number of anilines is 1. The molecule has 0 fully saturated rings. The van der Waals surface area contributed by atoms with Gasteiger partial charge >= 0.3 is 5.97 Å². The molecule has 1 atom stereocenters. The summed E-state index contributed by atoms with van der Waals surface area (Å²) in [5.74, 6) is 0.606. The number of hydrogen-bond donors (Lipinski definition) is 1. The number of carbonyl (C=O) groups excluding carboxylic acids is 2. The zero-order valence-electron chi connectivity index (χ0n) is 18.4. The predicted molar refractivity (Wildman–Crippen MR) is 115 cm³/mol. The number of rotatable bonds is 8. The zero-order chi connectivity index (χ0) is 22.3. The molecule has 0 bridgehead atoms. The van der Waals surface area contributed by atoms with Crippen LogP contribution in [0.25, 0.3) is 0 Å². The Labute approximate surface area is 177 Å². The predicted octanol–water partition coefficient (Wildman–Crippen LogP) is 4.89. The van der Waals surface area contributed by atoms with Crippen LogP contribution in [0.3, 0.4) is 0 Å². The Morgan fingerprint density at radius 2 is 1.90 bits per heavy atom. The number of nitrogens with one attached hydrogen (secondary N) is 1. The number of ether oxygens (including phenoxy) is 3. The zero-order valence-corrected chi connectivity index (χ0v) is 18.4. The normalized spacial score (nSPS) is 12.1. The minimum absolute atomic E-state index is 0.0312. The minimum atomic E-state index is -0.576. The first-order chi connectivity index (χ1) is 14.1. The molecule has 0 aliphatic heterocycles. The van der Waals surface area contributed by atoms with Gasteiger partial charge in [0.1, 0.15) is 17.1 Å². The second kappa shape index (κ2) is 10.1. The lowest BCUT2D eigenvalue weighted by Crippen LogP contribution is -2.29. The number of nitrogens with zero attached hydrogens (tertiary/aromatic N) is 1. The third-order valence-corrected chi connectivity index (χ3v) is 4.30. The number of aryl methyl sites for hydroxylation is 1. The molecule has 0 radical (unpaired) electrons. The monoisotopic (exact) mass is 414 g/mol. The molecule has 1 aromatic carbocycles. The summed E-state index contributed by atoms with van der Waals surface area (Å²) in [6.07, 6.45) is 2.07. The van der Waals surface area contributed by atoms with Gasteiger partial charge in [-0.05, 0) is 51.8 Å². The third-order valence-electron chi connectivity index (χ3n) is 4.30. The molecule has 0 aliphatic carbocycles. The first-order valence-electron chi connectivity index (χ1n) is 9.92. The molecular weight excluding hydrogens is 384 g/mol. The molecule has 1 aromatic heterocycles. The molecule has 0 spiro atoms. The van der Waals surface area contributed by atoms with Gasteiger partial charge in [0.15, 0.2) is 0 Å². The Hall–Kier alpha value is -3.09. The van der Waals surface area contributed by atoms with Gasteiger partial charge in [-0.2, -0.15) is 0 Å². The van der Waals surface area contributed by atoms with Gasteiger partial charge < -0.3 is 19.5 Å². The maximum Gasteiger partial charge on any atom is 0.307 e. The first-order valence-corrected chi connectivity index (χ1v) is 9.92. The van der Waals surface area contributed by atoms with Crippen LogP contribution in [0.1, 0.15) is 46.1 Å². The molecule has 7 heteroatoms. The van der Waals surface area contributed by atoms with Gasteiger partial charge in [-0.1, -0.05) is 13.0 Å². The molecule has 30 heavy (non-hydrogen) atoms. The van der Waals surface area contributed by atoms with Gasteiger partial charge in [-0.15, -0.1) is 0 Å². The molecule has 0 unspecified atom stereocenters. The Bertz CT molecular complexity index is 872. The maximum atomic E-state index is 12.5. The second-order valence-electron chi connectivity index (χ2n) is 8.00. The fourth-order valence-electron chi connectivity index (χ4n) is 2.75. The number of esters is 1. The number of aromatic nitrogens is 1. The molecule has 2 aromatic rings. The van der Waals surface area contributed by atoms with Gasteiger partial charge in [0.2, 0.25) is 11.8 Å². The number of hydrogen-bond acceptors (Lipinski definition) is 6. The molecule has 2 rings (SSSR count). The highest BCUT2D eigenvalue weighted by Crippen LogP contribution is 2.27. The Kier molecular flexibility index (Phi) is 7.80. The standard InChI is InChI=1S/C23H30N2O5/c1-7-16(12-21(26)30-23(3,4)5)22(27)25-17-9-11-20(24-14-17)29-18-10-8-15(2)19(13-18)28-6/h8-11,13-14,16H,7,12H2,1-6H3,(H,25,27)/t16-/m0/s1. The smallest absolute Gasteiger partial charge is 0.307 e. The van der Waals surface area contributed by atoms with Crippen LogP contribution in [0.15, 0.2) is 36.5 Å². The van der Waals surface area contributed by atoms with Crippen molar-refractivity contribution in [2.75, 3.05) is 12.4 Å². The molecule has 162 valence electrons. The quantitative estimate of drug-likeness (QED) is 0.619. The van der Waals surface area contributed by atoms with E-state index in [-0.39, 0.29) is 18.3 Å². The van der Waals surface area contributed by atoms with Crippen molar-refractivity contribution in [3.63, 3.8) is 0 Å². The Balaban J connectivity index is 1.97. The van der Waals surface area contributed by atoms with Crippen molar-refractivity contribution in [2.24, 2.45) is 5.92 Å². The highest BCUT2D eigenvalue weighted by atomic mass is 16.6. The largest absolute Gasteiger partial charge is 0.496 e. The van der Waals surface area contributed by atoms with Gasteiger partial charge in [0.25, 0.3) is 0 Å². The summed E-state index contributed by atoms with van der Waals surface area (Å²) < 4.78 is 16.3. The van der Waals surface area contributed by atoms with E-state index in [4.69, 9.17) is 14.2 Å². The number of pyridine rings is 1. The summed E-state index contributed by atoms with van der Waals surface area (Å²) in [5, 5.41) is 2.79. The van der Waals surface area contributed by atoms with E-state index in [1.54, 1.807) is 46.1 Å². The lowest BCUT2D eigenvalue weighted by Gasteiger charge is -2.21. The van der Waals surface area contributed by atoms with Crippen LogP contribution in [0.4, 0.5) is 5.69 Å². The minimum Gasteiger partial charge on any atom is -0.496 e. The molecule has 1 amide bonds. The van der Waals surface area contributed by atoms with Crippen LogP contribution in [-0.2, 0) is 14.3 Å². The lowest BCUT2D eigenvalue weighted by atomic mass is 10.0. The summed E-state index contributed by atoms with van der Waals surface area (Å²) in [5.41, 5.74) is 0.955. The van der Waals surface area contributed by atoms with Crippen LogP contribution >= 0.6 is 0 Å². The van der Waals surface area contributed by atoms with Crippen molar-refractivity contribution in [3.05, 3.63) is 42.1 Å². The average molecular weight is 415 g/mol. The van der Waals surface area contributed by atoms with Crippen molar-refractivity contribution in [1.29, 1.82) is 0 Å². The van der Waals surface area contributed by atoms with Crippen LogP contribution in [-0.4, -0.2) is 29.6 Å². The average Bonchev–Trinajstić information content (AvgIpc) is 2.67. The summed E-state index contributed by atoms with van der Waals surface area (Å²) in [4.78, 5) is 28.8. The summed E-state index contributed by atoms with van der Waals surface area (Å²) in [6.45, 7) is 9.21. The molecule has 0 aliphatic rings. The fraction of sp³-hybridized carbons (Fsp3) is 0.435.